The van der Waals surface area contributed by atoms with Gasteiger partial charge in [-0.1, -0.05) is 6.07 Å². The van der Waals surface area contributed by atoms with Crippen LogP contribution in [0.4, 0.5) is 16.2 Å². The van der Waals surface area contributed by atoms with E-state index in [2.05, 4.69) is 5.32 Å². The molecule has 120 valence electrons. The molecule has 1 aliphatic heterocycles. The van der Waals surface area contributed by atoms with Crippen molar-refractivity contribution in [2.24, 2.45) is 5.92 Å². The lowest BCUT2D eigenvalue weighted by molar-refractivity contribution is -0.124. The van der Waals surface area contributed by atoms with Gasteiger partial charge in [0.15, 0.2) is 0 Å². The molecule has 1 aromatic rings. The Morgan fingerprint density at radius 3 is 2.50 bits per heavy atom. The fourth-order valence-electron chi connectivity index (χ4n) is 2.15. The Hall–Kier alpha value is -2.24. The van der Waals surface area contributed by atoms with Crippen molar-refractivity contribution in [3.63, 3.8) is 0 Å². The monoisotopic (exact) mass is 305 g/mol. The maximum absolute atomic E-state index is 12.1. The molecular weight excluding hydrogens is 282 g/mol. The van der Waals surface area contributed by atoms with Gasteiger partial charge in [0.25, 0.3) is 0 Å². The number of aryl methyl sites for hydroxylation is 1. The van der Waals surface area contributed by atoms with Crippen LogP contribution in [0.1, 0.15) is 26.3 Å². The highest BCUT2D eigenvalue weighted by molar-refractivity contribution is 5.96. The largest absolute Gasteiger partial charge is 0.444 e. The van der Waals surface area contributed by atoms with Crippen molar-refractivity contribution in [3.05, 3.63) is 23.8 Å². The minimum absolute atomic E-state index is 0.129. The van der Waals surface area contributed by atoms with Crippen LogP contribution in [0.15, 0.2) is 18.2 Å². The van der Waals surface area contributed by atoms with E-state index >= 15 is 0 Å². The first-order valence-corrected chi connectivity index (χ1v) is 7.30. The molecule has 1 heterocycles. The Morgan fingerprint density at radius 1 is 1.32 bits per heavy atom. The Morgan fingerprint density at radius 2 is 1.95 bits per heavy atom. The first-order valence-electron chi connectivity index (χ1n) is 7.30. The molecule has 1 fully saturated rings. The van der Waals surface area contributed by atoms with Crippen LogP contribution >= 0.6 is 0 Å². The molecule has 2 rings (SSSR count). The summed E-state index contributed by atoms with van der Waals surface area (Å²) in [5.74, 6) is -0.358. The molecule has 1 aromatic carbocycles. The molecular formula is C16H23N3O3. The normalized spacial score (nSPS) is 15.2. The van der Waals surface area contributed by atoms with Gasteiger partial charge in [0.05, 0.1) is 17.3 Å². The average molecular weight is 305 g/mol. The number of hydrogen-bond acceptors (Lipinski definition) is 4. The Labute approximate surface area is 130 Å². The minimum atomic E-state index is -0.527. The van der Waals surface area contributed by atoms with Gasteiger partial charge in [0.1, 0.15) is 5.60 Å². The molecule has 2 amide bonds. The van der Waals surface area contributed by atoms with E-state index in [1.165, 1.54) is 4.90 Å². The molecule has 1 saturated heterocycles. The molecule has 0 unspecified atom stereocenters. The van der Waals surface area contributed by atoms with Gasteiger partial charge in [0.2, 0.25) is 5.91 Å². The lowest BCUT2D eigenvalue weighted by Crippen LogP contribution is -2.55. The number of benzene rings is 1. The summed E-state index contributed by atoms with van der Waals surface area (Å²) in [7, 11) is 0. The van der Waals surface area contributed by atoms with Crippen molar-refractivity contribution in [2.75, 3.05) is 24.1 Å². The van der Waals surface area contributed by atoms with E-state index in [0.717, 1.165) is 5.56 Å². The van der Waals surface area contributed by atoms with Crippen LogP contribution in [0, 0.1) is 12.8 Å². The summed E-state index contributed by atoms with van der Waals surface area (Å²) in [6.45, 7) is 8.12. The van der Waals surface area contributed by atoms with Gasteiger partial charge in [0, 0.05) is 13.1 Å². The second kappa shape index (κ2) is 5.87. The van der Waals surface area contributed by atoms with Crippen molar-refractivity contribution < 1.29 is 14.3 Å². The van der Waals surface area contributed by atoms with E-state index < -0.39 is 5.60 Å². The van der Waals surface area contributed by atoms with E-state index in [1.54, 1.807) is 6.07 Å². The number of ether oxygens (including phenoxy) is 1. The lowest BCUT2D eigenvalue weighted by Gasteiger charge is -2.38. The highest BCUT2D eigenvalue weighted by atomic mass is 16.6. The van der Waals surface area contributed by atoms with E-state index in [1.807, 2.05) is 39.8 Å². The molecule has 0 spiro atoms. The van der Waals surface area contributed by atoms with Crippen LogP contribution in [0.5, 0.6) is 0 Å². The summed E-state index contributed by atoms with van der Waals surface area (Å²) >= 11 is 0. The summed E-state index contributed by atoms with van der Waals surface area (Å²) in [5, 5.41) is 2.80. The Bertz CT molecular complexity index is 587. The Kier molecular flexibility index (Phi) is 4.30. The van der Waals surface area contributed by atoms with Crippen molar-refractivity contribution >= 4 is 23.4 Å². The summed E-state index contributed by atoms with van der Waals surface area (Å²) in [6, 6.07) is 5.48. The smallest absolute Gasteiger partial charge is 0.410 e. The van der Waals surface area contributed by atoms with Crippen LogP contribution in [0.25, 0.3) is 0 Å². The van der Waals surface area contributed by atoms with Crippen LogP contribution in [-0.4, -0.2) is 35.6 Å². The van der Waals surface area contributed by atoms with Crippen molar-refractivity contribution in [1.29, 1.82) is 0 Å². The topological polar surface area (TPSA) is 84.7 Å². The number of nitrogens with one attached hydrogen (secondary N) is 1. The van der Waals surface area contributed by atoms with Gasteiger partial charge in [-0.15, -0.1) is 0 Å². The predicted molar refractivity (Wildman–Crippen MR) is 85.5 cm³/mol. The van der Waals surface area contributed by atoms with Crippen molar-refractivity contribution in [3.8, 4) is 0 Å². The molecule has 6 heteroatoms. The summed E-state index contributed by atoms with van der Waals surface area (Å²) in [6.07, 6.45) is -0.383. The molecule has 0 bridgehead atoms. The first-order chi connectivity index (χ1) is 10.2. The summed E-state index contributed by atoms with van der Waals surface area (Å²) in [4.78, 5) is 25.5. The maximum Gasteiger partial charge on any atom is 0.410 e. The number of hydrogen-bond donors (Lipinski definition) is 2. The fraction of sp³-hybridized carbons (Fsp3) is 0.500. The number of carbonyl (C=O) groups is 2. The van der Waals surface area contributed by atoms with Crippen LogP contribution < -0.4 is 11.1 Å². The highest BCUT2D eigenvalue weighted by Gasteiger charge is 2.37. The predicted octanol–water partition coefficient (Wildman–Crippen LogP) is 2.38. The third kappa shape index (κ3) is 3.90. The van der Waals surface area contributed by atoms with Gasteiger partial charge in [-0.05, 0) is 45.4 Å². The first kappa shape index (κ1) is 16.1. The quantitative estimate of drug-likeness (QED) is 0.822. The van der Waals surface area contributed by atoms with Crippen molar-refractivity contribution in [1.82, 2.24) is 4.90 Å². The van der Waals surface area contributed by atoms with E-state index in [4.69, 9.17) is 10.5 Å². The molecule has 6 nitrogen and oxygen atoms in total. The SMILES string of the molecule is Cc1ccc(NC(=O)C2CN(C(=O)OC(C)(C)C)C2)c(N)c1. The molecule has 0 aliphatic carbocycles. The van der Waals surface area contributed by atoms with Crippen LogP contribution in [-0.2, 0) is 9.53 Å². The summed E-state index contributed by atoms with van der Waals surface area (Å²) in [5.41, 5.74) is 7.53. The standard InChI is InChI=1S/C16H23N3O3/c1-10-5-6-13(12(17)7-10)18-14(20)11-8-19(9-11)15(21)22-16(2,3)4/h5-7,11H,8-9,17H2,1-4H3,(H,18,20). The second-order valence-electron chi connectivity index (χ2n) is 6.66. The fourth-order valence-corrected chi connectivity index (χ4v) is 2.15. The maximum atomic E-state index is 12.1. The number of amides is 2. The van der Waals surface area contributed by atoms with Gasteiger partial charge < -0.3 is 20.7 Å². The van der Waals surface area contributed by atoms with E-state index in [9.17, 15) is 9.59 Å². The molecule has 22 heavy (non-hydrogen) atoms. The van der Waals surface area contributed by atoms with Gasteiger partial charge in [-0.3, -0.25) is 4.79 Å². The molecule has 0 saturated carbocycles. The van der Waals surface area contributed by atoms with Gasteiger partial charge >= 0.3 is 6.09 Å². The zero-order chi connectivity index (χ0) is 16.5. The molecule has 0 atom stereocenters. The molecule has 1 aliphatic rings. The number of anilines is 2. The van der Waals surface area contributed by atoms with Crippen LogP contribution in [0.2, 0.25) is 0 Å². The molecule has 0 radical (unpaired) electrons. The third-order valence-electron chi connectivity index (χ3n) is 3.37. The minimum Gasteiger partial charge on any atom is -0.444 e. The van der Waals surface area contributed by atoms with Crippen molar-refractivity contribution in [2.45, 2.75) is 33.3 Å². The van der Waals surface area contributed by atoms with Gasteiger partial charge in [-0.25, -0.2) is 4.79 Å². The average Bonchev–Trinajstić information content (AvgIpc) is 2.28. The second-order valence-corrected chi connectivity index (χ2v) is 6.66. The Balaban J connectivity index is 1.85. The third-order valence-corrected chi connectivity index (χ3v) is 3.37. The lowest BCUT2D eigenvalue weighted by atomic mass is 9.99. The number of nitrogens with zero attached hydrogens (tertiary/aromatic N) is 1. The number of carbonyl (C=O) groups excluding carboxylic acids is 2. The summed E-state index contributed by atoms with van der Waals surface area (Å²) < 4.78 is 5.26. The van der Waals surface area contributed by atoms with Crippen LogP contribution in [0.3, 0.4) is 0 Å². The number of nitrogens with two attached hydrogens (primary N) is 1. The molecule has 0 aromatic heterocycles. The number of nitrogen functional groups attached to an aromatic ring is 1. The zero-order valence-electron chi connectivity index (χ0n) is 13.5. The van der Waals surface area contributed by atoms with Gasteiger partial charge in [-0.2, -0.15) is 0 Å². The zero-order valence-corrected chi connectivity index (χ0v) is 13.5. The van der Waals surface area contributed by atoms with E-state index in [-0.39, 0.29) is 17.9 Å². The highest BCUT2D eigenvalue weighted by Crippen LogP contribution is 2.24. The van der Waals surface area contributed by atoms with E-state index in [0.29, 0.717) is 24.5 Å². The molecule has 3 N–H and O–H groups in total. The number of rotatable bonds is 2. The number of likely N-dealkylation sites (tertiary alicyclic amines) is 1.